The monoisotopic (exact) mass is 304 g/mol. The Morgan fingerprint density at radius 1 is 1.23 bits per heavy atom. The SMILES string of the molecule is CCOc1ccc(NC(=O)C(CC2CCCCC2)NC)cc1. The van der Waals surface area contributed by atoms with Crippen molar-refractivity contribution in [3.05, 3.63) is 24.3 Å². The number of nitrogens with one attached hydrogen (secondary N) is 2. The number of carbonyl (C=O) groups excluding carboxylic acids is 1. The Kier molecular flexibility index (Phi) is 6.72. The number of hydrogen-bond donors (Lipinski definition) is 2. The lowest BCUT2D eigenvalue weighted by Gasteiger charge is -2.25. The van der Waals surface area contributed by atoms with E-state index in [1.54, 1.807) is 0 Å². The van der Waals surface area contributed by atoms with Crippen LogP contribution in [0.2, 0.25) is 0 Å². The minimum Gasteiger partial charge on any atom is -0.494 e. The third-order valence-electron chi connectivity index (χ3n) is 4.39. The first-order valence-corrected chi connectivity index (χ1v) is 8.44. The van der Waals surface area contributed by atoms with Crippen molar-refractivity contribution in [3.63, 3.8) is 0 Å². The molecule has 1 unspecified atom stereocenters. The third-order valence-corrected chi connectivity index (χ3v) is 4.39. The molecule has 0 heterocycles. The summed E-state index contributed by atoms with van der Waals surface area (Å²) in [5.74, 6) is 1.56. The highest BCUT2D eigenvalue weighted by molar-refractivity contribution is 5.94. The number of anilines is 1. The Labute approximate surface area is 133 Å². The second-order valence-electron chi connectivity index (χ2n) is 6.03. The van der Waals surface area contributed by atoms with E-state index < -0.39 is 0 Å². The summed E-state index contributed by atoms with van der Waals surface area (Å²) in [7, 11) is 1.87. The number of carbonyl (C=O) groups is 1. The van der Waals surface area contributed by atoms with Crippen LogP contribution in [0, 0.1) is 5.92 Å². The van der Waals surface area contributed by atoms with Crippen molar-refractivity contribution in [1.82, 2.24) is 5.32 Å². The van der Waals surface area contributed by atoms with Crippen molar-refractivity contribution in [2.24, 2.45) is 5.92 Å². The maximum absolute atomic E-state index is 12.4. The second-order valence-corrected chi connectivity index (χ2v) is 6.03. The summed E-state index contributed by atoms with van der Waals surface area (Å²) in [6, 6.07) is 7.42. The highest BCUT2D eigenvalue weighted by Crippen LogP contribution is 2.27. The third kappa shape index (κ3) is 5.02. The van der Waals surface area contributed by atoms with Crippen LogP contribution in [0.5, 0.6) is 5.75 Å². The molecule has 0 bridgehead atoms. The normalized spacial score (nSPS) is 17.0. The summed E-state index contributed by atoms with van der Waals surface area (Å²) in [5, 5.41) is 6.16. The van der Waals surface area contributed by atoms with Gasteiger partial charge in [-0.3, -0.25) is 4.79 Å². The summed E-state index contributed by atoms with van der Waals surface area (Å²) >= 11 is 0. The van der Waals surface area contributed by atoms with Crippen molar-refractivity contribution >= 4 is 11.6 Å². The van der Waals surface area contributed by atoms with Gasteiger partial charge in [0.1, 0.15) is 5.75 Å². The van der Waals surface area contributed by atoms with Gasteiger partial charge in [-0.15, -0.1) is 0 Å². The topological polar surface area (TPSA) is 50.4 Å². The fourth-order valence-electron chi connectivity index (χ4n) is 3.14. The van der Waals surface area contributed by atoms with Crippen LogP contribution in [0.1, 0.15) is 45.4 Å². The highest BCUT2D eigenvalue weighted by atomic mass is 16.5. The first-order chi connectivity index (χ1) is 10.7. The molecule has 22 heavy (non-hydrogen) atoms. The Hall–Kier alpha value is -1.55. The molecule has 0 saturated heterocycles. The molecule has 2 N–H and O–H groups in total. The molecule has 0 aromatic heterocycles. The van der Waals surface area contributed by atoms with Crippen LogP contribution < -0.4 is 15.4 Å². The van der Waals surface area contributed by atoms with Gasteiger partial charge in [-0.05, 0) is 50.6 Å². The van der Waals surface area contributed by atoms with E-state index in [9.17, 15) is 4.79 Å². The molecule has 1 atom stereocenters. The van der Waals surface area contributed by atoms with Crippen molar-refractivity contribution in [1.29, 1.82) is 0 Å². The lowest BCUT2D eigenvalue weighted by atomic mass is 9.84. The summed E-state index contributed by atoms with van der Waals surface area (Å²) < 4.78 is 5.41. The fourth-order valence-corrected chi connectivity index (χ4v) is 3.14. The molecule has 1 amide bonds. The molecule has 122 valence electrons. The molecule has 0 aliphatic heterocycles. The molecule has 4 heteroatoms. The van der Waals surface area contributed by atoms with Gasteiger partial charge in [0.15, 0.2) is 0 Å². The largest absolute Gasteiger partial charge is 0.494 e. The van der Waals surface area contributed by atoms with Crippen molar-refractivity contribution in [2.45, 2.75) is 51.5 Å². The molecule has 1 aromatic carbocycles. The van der Waals surface area contributed by atoms with Crippen LogP contribution in [-0.2, 0) is 4.79 Å². The van der Waals surface area contributed by atoms with Gasteiger partial charge < -0.3 is 15.4 Å². The first kappa shape index (κ1) is 16.8. The molecule has 4 nitrogen and oxygen atoms in total. The standard InChI is InChI=1S/C18H28N2O2/c1-3-22-16-11-9-15(10-12-16)20-18(21)17(19-2)13-14-7-5-4-6-8-14/h9-12,14,17,19H,3-8,13H2,1-2H3,(H,20,21). The molecule has 1 aliphatic carbocycles. The van der Waals surface area contributed by atoms with E-state index >= 15 is 0 Å². The number of likely N-dealkylation sites (N-methyl/N-ethyl adjacent to an activating group) is 1. The maximum atomic E-state index is 12.4. The van der Waals surface area contributed by atoms with E-state index in [2.05, 4.69) is 10.6 Å². The zero-order chi connectivity index (χ0) is 15.8. The predicted molar refractivity (Wildman–Crippen MR) is 90.3 cm³/mol. The molecular weight excluding hydrogens is 276 g/mol. The molecule has 1 aliphatic rings. The molecule has 1 saturated carbocycles. The minimum absolute atomic E-state index is 0.0530. The van der Waals surface area contributed by atoms with Gasteiger partial charge in [0.2, 0.25) is 5.91 Å². The lowest BCUT2D eigenvalue weighted by Crippen LogP contribution is -2.40. The summed E-state index contributed by atoms with van der Waals surface area (Å²) in [6.45, 7) is 2.60. The Morgan fingerprint density at radius 3 is 2.50 bits per heavy atom. The Balaban J connectivity index is 1.87. The smallest absolute Gasteiger partial charge is 0.241 e. The summed E-state index contributed by atoms with van der Waals surface area (Å²) in [6.07, 6.45) is 7.41. The molecule has 2 rings (SSSR count). The number of rotatable bonds is 7. The van der Waals surface area contributed by atoms with Gasteiger partial charge in [0, 0.05) is 5.69 Å². The maximum Gasteiger partial charge on any atom is 0.241 e. The van der Waals surface area contributed by atoms with Crippen LogP contribution in [0.15, 0.2) is 24.3 Å². The van der Waals surface area contributed by atoms with Crippen molar-refractivity contribution < 1.29 is 9.53 Å². The van der Waals surface area contributed by atoms with Gasteiger partial charge in [0.05, 0.1) is 12.6 Å². The second kappa shape index (κ2) is 8.79. The number of benzene rings is 1. The first-order valence-electron chi connectivity index (χ1n) is 8.44. The Morgan fingerprint density at radius 2 is 1.91 bits per heavy atom. The predicted octanol–water partition coefficient (Wildman–Crippen LogP) is 3.58. The number of hydrogen-bond acceptors (Lipinski definition) is 3. The average Bonchev–Trinajstić information content (AvgIpc) is 2.55. The van der Waals surface area contributed by atoms with Gasteiger partial charge in [-0.2, -0.15) is 0 Å². The number of ether oxygens (including phenoxy) is 1. The zero-order valence-corrected chi connectivity index (χ0v) is 13.7. The van der Waals surface area contributed by atoms with Crippen molar-refractivity contribution in [3.8, 4) is 5.75 Å². The zero-order valence-electron chi connectivity index (χ0n) is 13.7. The van der Waals surface area contributed by atoms with Crippen LogP contribution in [-0.4, -0.2) is 25.6 Å². The molecule has 1 aromatic rings. The molecule has 0 radical (unpaired) electrons. The summed E-state index contributed by atoms with van der Waals surface area (Å²) in [5.41, 5.74) is 0.817. The van der Waals surface area contributed by atoms with E-state index in [0.29, 0.717) is 12.5 Å². The van der Waals surface area contributed by atoms with E-state index in [1.165, 1.54) is 32.1 Å². The molecule has 1 fully saturated rings. The van der Waals surface area contributed by atoms with Gasteiger partial charge in [-0.1, -0.05) is 32.1 Å². The Bertz CT molecular complexity index is 453. The van der Waals surface area contributed by atoms with Crippen LogP contribution >= 0.6 is 0 Å². The molecular formula is C18H28N2O2. The lowest BCUT2D eigenvalue weighted by molar-refractivity contribution is -0.118. The summed E-state index contributed by atoms with van der Waals surface area (Å²) in [4.78, 5) is 12.4. The van der Waals surface area contributed by atoms with Crippen LogP contribution in [0.3, 0.4) is 0 Å². The van der Waals surface area contributed by atoms with E-state index in [4.69, 9.17) is 4.74 Å². The van der Waals surface area contributed by atoms with Gasteiger partial charge in [0.25, 0.3) is 0 Å². The highest BCUT2D eigenvalue weighted by Gasteiger charge is 2.23. The van der Waals surface area contributed by atoms with E-state index in [-0.39, 0.29) is 11.9 Å². The van der Waals surface area contributed by atoms with E-state index in [0.717, 1.165) is 17.9 Å². The fraction of sp³-hybridized carbons (Fsp3) is 0.611. The van der Waals surface area contributed by atoms with Crippen LogP contribution in [0.4, 0.5) is 5.69 Å². The number of amides is 1. The molecule has 0 spiro atoms. The van der Waals surface area contributed by atoms with Crippen LogP contribution in [0.25, 0.3) is 0 Å². The average molecular weight is 304 g/mol. The van der Waals surface area contributed by atoms with Gasteiger partial charge >= 0.3 is 0 Å². The minimum atomic E-state index is -0.116. The van der Waals surface area contributed by atoms with E-state index in [1.807, 2.05) is 38.2 Å². The quantitative estimate of drug-likeness (QED) is 0.809. The van der Waals surface area contributed by atoms with Crippen molar-refractivity contribution in [2.75, 3.05) is 19.0 Å². The van der Waals surface area contributed by atoms with Gasteiger partial charge in [-0.25, -0.2) is 0 Å².